The van der Waals surface area contributed by atoms with Gasteiger partial charge < -0.3 is 10.0 Å². The van der Waals surface area contributed by atoms with Gasteiger partial charge in [-0.25, -0.2) is 10.2 Å². The molecule has 1 aliphatic heterocycles. The van der Waals surface area contributed by atoms with E-state index in [4.69, 9.17) is 5.11 Å². The fourth-order valence-corrected chi connectivity index (χ4v) is 2.39. The maximum absolute atomic E-state index is 12.4. The molecule has 1 aliphatic rings. The Balaban J connectivity index is 2.18. The van der Waals surface area contributed by atoms with Gasteiger partial charge in [-0.15, -0.1) is 0 Å². The molecular formula is C15H19N3O3. The largest absolute Gasteiger partial charge is 0.464 e. The lowest BCUT2D eigenvalue weighted by Gasteiger charge is -2.16. The van der Waals surface area contributed by atoms with E-state index in [2.05, 4.69) is 12.0 Å². The topological polar surface area (TPSA) is 82.0 Å². The van der Waals surface area contributed by atoms with Gasteiger partial charge >= 0.3 is 6.09 Å². The zero-order valence-electron chi connectivity index (χ0n) is 12.0. The first-order valence-electron chi connectivity index (χ1n) is 7.13. The molecule has 6 nitrogen and oxygen atoms in total. The highest BCUT2D eigenvalue weighted by atomic mass is 16.4. The predicted octanol–water partition coefficient (Wildman–Crippen LogP) is 2.59. The number of unbranched alkanes of at least 4 members (excludes halogenated alkanes) is 3. The Morgan fingerprint density at radius 1 is 1.29 bits per heavy atom. The first kappa shape index (κ1) is 15.0. The van der Waals surface area contributed by atoms with Crippen LogP contribution in [-0.2, 0) is 4.79 Å². The molecule has 112 valence electrons. The second-order valence-electron chi connectivity index (χ2n) is 4.91. The molecule has 0 saturated carbocycles. The predicted molar refractivity (Wildman–Crippen MR) is 80.6 cm³/mol. The smallest absolute Gasteiger partial charge is 0.425 e. The number of anilines is 1. The van der Waals surface area contributed by atoms with E-state index in [0.29, 0.717) is 12.1 Å². The molecule has 2 N–H and O–H groups in total. The van der Waals surface area contributed by atoms with Gasteiger partial charge in [0, 0.05) is 12.1 Å². The molecule has 2 amide bonds. The van der Waals surface area contributed by atoms with E-state index >= 15 is 0 Å². The molecule has 0 aliphatic carbocycles. The molecule has 1 aromatic carbocycles. The summed E-state index contributed by atoms with van der Waals surface area (Å²) in [7, 11) is 0. The summed E-state index contributed by atoms with van der Waals surface area (Å²) in [5.41, 5.74) is 3.54. The fraction of sp³-hybridized carbons (Fsp3) is 0.400. The third-order valence-electron chi connectivity index (χ3n) is 3.40. The molecule has 0 atom stereocenters. The molecule has 6 heteroatoms. The van der Waals surface area contributed by atoms with Crippen molar-refractivity contribution in [1.82, 2.24) is 5.43 Å². The number of para-hydroxylation sites is 1. The third-order valence-corrected chi connectivity index (χ3v) is 3.40. The van der Waals surface area contributed by atoms with Crippen LogP contribution in [0.25, 0.3) is 0 Å². The standard InChI is InChI=1S/C15H19N3O3/c1-2-3-4-7-10-18-12-9-6-5-8-11(12)13(14(18)19)16-17-15(20)21/h5-6,8-9,17H,2-4,7,10H2,1H3,(H,20,21). The van der Waals surface area contributed by atoms with Crippen molar-refractivity contribution < 1.29 is 14.7 Å². The number of nitrogens with zero attached hydrogens (tertiary/aromatic N) is 2. The molecule has 0 unspecified atom stereocenters. The van der Waals surface area contributed by atoms with E-state index in [1.165, 1.54) is 0 Å². The minimum atomic E-state index is -1.28. The van der Waals surface area contributed by atoms with E-state index in [1.54, 1.807) is 11.0 Å². The Labute approximate surface area is 123 Å². The van der Waals surface area contributed by atoms with E-state index < -0.39 is 6.09 Å². The molecule has 0 spiro atoms. The summed E-state index contributed by atoms with van der Waals surface area (Å²) in [5.74, 6) is -0.249. The van der Waals surface area contributed by atoms with Crippen molar-refractivity contribution in [2.75, 3.05) is 11.4 Å². The second kappa shape index (κ2) is 6.88. The van der Waals surface area contributed by atoms with Gasteiger partial charge in [-0.1, -0.05) is 44.4 Å². The Hall–Kier alpha value is -2.37. The van der Waals surface area contributed by atoms with Crippen LogP contribution in [0.1, 0.15) is 38.2 Å². The second-order valence-corrected chi connectivity index (χ2v) is 4.91. The van der Waals surface area contributed by atoms with E-state index in [9.17, 15) is 9.59 Å². The van der Waals surface area contributed by atoms with Gasteiger partial charge in [0.1, 0.15) is 0 Å². The highest BCUT2D eigenvalue weighted by molar-refractivity contribution is 6.54. The average molecular weight is 289 g/mol. The number of amides is 2. The van der Waals surface area contributed by atoms with Crippen LogP contribution in [0.5, 0.6) is 0 Å². The van der Waals surface area contributed by atoms with E-state index in [1.807, 2.05) is 23.6 Å². The van der Waals surface area contributed by atoms with Gasteiger partial charge in [0.15, 0.2) is 5.71 Å². The molecule has 0 aromatic heterocycles. The minimum Gasteiger partial charge on any atom is -0.464 e. The Kier molecular flexibility index (Phi) is 4.92. The van der Waals surface area contributed by atoms with Crippen LogP contribution in [0.3, 0.4) is 0 Å². The molecule has 1 heterocycles. The van der Waals surface area contributed by atoms with Crippen molar-refractivity contribution in [2.45, 2.75) is 32.6 Å². The number of carbonyl (C=O) groups excluding carboxylic acids is 1. The van der Waals surface area contributed by atoms with Crippen LogP contribution in [0.15, 0.2) is 29.4 Å². The van der Waals surface area contributed by atoms with Crippen LogP contribution < -0.4 is 10.3 Å². The quantitative estimate of drug-likeness (QED) is 0.623. The van der Waals surface area contributed by atoms with Gasteiger partial charge in [0.25, 0.3) is 5.91 Å². The van der Waals surface area contributed by atoms with Crippen LogP contribution >= 0.6 is 0 Å². The van der Waals surface area contributed by atoms with Crippen LogP contribution in [0.4, 0.5) is 10.5 Å². The summed E-state index contributed by atoms with van der Waals surface area (Å²) in [6, 6.07) is 7.31. The maximum atomic E-state index is 12.4. The average Bonchev–Trinajstić information content (AvgIpc) is 2.74. The molecule has 21 heavy (non-hydrogen) atoms. The number of hydrogen-bond acceptors (Lipinski definition) is 3. The highest BCUT2D eigenvalue weighted by Gasteiger charge is 2.33. The molecule has 0 fully saturated rings. The number of rotatable bonds is 6. The van der Waals surface area contributed by atoms with Crippen molar-refractivity contribution in [3.8, 4) is 0 Å². The zero-order valence-corrected chi connectivity index (χ0v) is 12.0. The molecule has 0 bridgehead atoms. The first-order valence-corrected chi connectivity index (χ1v) is 7.13. The maximum Gasteiger partial charge on any atom is 0.425 e. The number of carboxylic acid groups (broad SMARTS) is 1. The number of benzene rings is 1. The summed E-state index contributed by atoms with van der Waals surface area (Å²) in [4.78, 5) is 24.6. The number of carbonyl (C=O) groups is 2. The molecule has 0 saturated heterocycles. The number of fused-ring (bicyclic) bond motifs is 1. The van der Waals surface area contributed by atoms with Crippen molar-refractivity contribution in [1.29, 1.82) is 0 Å². The fourth-order valence-electron chi connectivity index (χ4n) is 2.39. The Bertz CT molecular complexity index is 569. The van der Waals surface area contributed by atoms with Gasteiger partial charge in [-0.3, -0.25) is 4.79 Å². The lowest BCUT2D eigenvalue weighted by Crippen LogP contribution is -2.32. The van der Waals surface area contributed by atoms with Crippen LogP contribution in [-0.4, -0.2) is 29.4 Å². The summed E-state index contributed by atoms with van der Waals surface area (Å²) in [6.07, 6.45) is 3.00. The highest BCUT2D eigenvalue weighted by Crippen LogP contribution is 2.29. The molecule has 0 radical (unpaired) electrons. The molecule has 1 aromatic rings. The summed E-state index contributed by atoms with van der Waals surface area (Å²) in [6.45, 7) is 2.76. The van der Waals surface area contributed by atoms with Gasteiger partial charge in [-0.05, 0) is 12.5 Å². The molecular weight excluding hydrogens is 270 g/mol. The summed E-state index contributed by atoms with van der Waals surface area (Å²) >= 11 is 0. The van der Waals surface area contributed by atoms with Gasteiger partial charge in [0.2, 0.25) is 0 Å². The van der Waals surface area contributed by atoms with Crippen molar-refractivity contribution in [3.63, 3.8) is 0 Å². The third kappa shape index (κ3) is 3.39. The SMILES string of the molecule is CCCCCCN1C(=O)C(=NNC(=O)O)c2ccccc21. The van der Waals surface area contributed by atoms with Crippen LogP contribution in [0.2, 0.25) is 0 Å². The van der Waals surface area contributed by atoms with Crippen molar-refractivity contribution in [2.24, 2.45) is 5.10 Å². The lowest BCUT2D eigenvalue weighted by atomic mass is 10.1. The number of hydrazone groups is 1. The van der Waals surface area contributed by atoms with Crippen molar-refractivity contribution in [3.05, 3.63) is 29.8 Å². The number of hydrogen-bond donors (Lipinski definition) is 2. The normalized spacial score (nSPS) is 15.4. The molecule has 2 rings (SSSR count). The Morgan fingerprint density at radius 3 is 2.76 bits per heavy atom. The Morgan fingerprint density at radius 2 is 2.05 bits per heavy atom. The van der Waals surface area contributed by atoms with Gasteiger partial charge in [-0.2, -0.15) is 5.10 Å². The first-order chi connectivity index (χ1) is 10.1. The van der Waals surface area contributed by atoms with Crippen LogP contribution in [0, 0.1) is 0 Å². The summed E-state index contributed by atoms with van der Waals surface area (Å²) in [5, 5.41) is 12.3. The monoisotopic (exact) mass is 289 g/mol. The van der Waals surface area contributed by atoms with E-state index in [0.717, 1.165) is 31.4 Å². The van der Waals surface area contributed by atoms with E-state index in [-0.39, 0.29) is 11.6 Å². The lowest BCUT2D eigenvalue weighted by molar-refractivity contribution is -0.112. The van der Waals surface area contributed by atoms with Crippen molar-refractivity contribution >= 4 is 23.4 Å². The summed E-state index contributed by atoms with van der Waals surface area (Å²) < 4.78 is 0. The van der Waals surface area contributed by atoms with Gasteiger partial charge in [0.05, 0.1) is 5.69 Å². The number of nitrogens with one attached hydrogen (secondary N) is 1. The zero-order chi connectivity index (χ0) is 15.2. The minimum absolute atomic E-state index is 0.156.